The highest BCUT2D eigenvalue weighted by Gasteiger charge is 2.22. The number of aryl methyl sites for hydroxylation is 1. The molecule has 0 aromatic heterocycles. The Hall–Kier alpha value is -1.88. The van der Waals surface area contributed by atoms with Crippen LogP contribution in [-0.2, 0) is 0 Å². The zero-order valence-corrected chi connectivity index (χ0v) is 16.4. The van der Waals surface area contributed by atoms with Gasteiger partial charge in [-0.15, -0.1) is 0 Å². The van der Waals surface area contributed by atoms with E-state index in [2.05, 4.69) is 29.2 Å². The van der Waals surface area contributed by atoms with E-state index >= 15 is 0 Å². The smallest absolute Gasteiger partial charge is 0.251 e. The number of halogens is 1. The van der Waals surface area contributed by atoms with E-state index < -0.39 is 0 Å². The van der Waals surface area contributed by atoms with Crippen LogP contribution in [0.4, 0.5) is 0 Å². The molecule has 0 aliphatic carbocycles. The summed E-state index contributed by atoms with van der Waals surface area (Å²) < 4.78 is 0. The second-order valence-electron chi connectivity index (χ2n) is 7.15. The van der Waals surface area contributed by atoms with Gasteiger partial charge in [0.1, 0.15) is 0 Å². The third-order valence-corrected chi connectivity index (χ3v) is 5.52. The molecule has 26 heavy (non-hydrogen) atoms. The van der Waals surface area contributed by atoms with E-state index in [-0.39, 0.29) is 5.91 Å². The molecule has 1 N–H and O–H groups in total. The lowest BCUT2D eigenvalue weighted by molar-refractivity contribution is 0.0881. The molecular weight excluding hydrogens is 346 g/mol. The normalized spacial score (nSPS) is 18.7. The van der Waals surface area contributed by atoms with E-state index in [1.54, 1.807) is 0 Å². The van der Waals surface area contributed by atoms with Gasteiger partial charge in [-0.3, -0.25) is 9.69 Å². The molecule has 1 atom stereocenters. The minimum absolute atomic E-state index is 0.0286. The number of nitrogens with zero attached hydrogens (tertiary/aromatic N) is 2. The number of benzene rings is 2. The van der Waals surface area contributed by atoms with Gasteiger partial charge in [-0.1, -0.05) is 29.8 Å². The summed E-state index contributed by atoms with van der Waals surface area (Å²) in [5.41, 5.74) is 3.80. The molecule has 0 unspecified atom stereocenters. The van der Waals surface area contributed by atoms with Crippen LogP contribution in [0.3, 0.4) is 0 Å². The van der Waals surface area contributed by atoms with Crippen LogP contribution in [0.5, 0.6) is 0 Å². The second kappa shape index (κ2) is 8.21. The largest absolute Gasteiger partial charge is 0.350 e. The van der Waals surface area contributed by atoms with Crippen LogP contribution in [0.2, 0.25) is 5.02 Å². The van der Waals surface area contributed by atoms with Crippen LogP contribution in [0.25, 0.3) is 11.1 Å². The van der Waals surface area contributed by atoms with Crippen molar-refractivity contribution < 1.29 is 4.79 Å². The third kappa shape index (κ3) is 4.44. The maximum absolute atomic E-state index is 12.6. The minimum Gasteiger partial charge on any atom is -0.350 e. The quantitative estimate of drug-likeness (QED) is 0.895. The predicted octanol–water partition coefficient (Wildman–Crippen LogP) is 3.29. The van der Waals surface area contributed by atoms with E-state index in [1.165, 1.54) is 0 Å². The number of nitrogens with one attached hydrogen (secondary N) is 1. The van der Waals surface area contributed by atoms with Gasteiger partial charge in [0.15, 0.2) is 0 Å². The van der Waals surface area contributed by atoms with Crippen LogP contribution in [0, 0.1) is 6.92 Å². The Labute approximate surface area is 160 Å². The SMILES string of the molecule is Cc1cc(-c2cccc(C(=O)NC[C@H]3CN(C)CCN3C)c2)ccc1Cl. The topological polar surface area (TPSA) is 35.6 Å². The fraction of sp³-hybridized carbons (Fsp3) is 0.381. The Balaban J connectivity index is 1.69. The number of rotatable bonds is 4. The lowest BCUT2D eigenvalue weighted by Crippen LogP contribution is -2.54. The molecule has 1 aliphatic rings. The van der Waals surface area contributed by atoms with Crippen molar-refractivity contribution in [1.29, 1.82) is 0 Å². The molecule has 3 rings (SSSR count). The standard InChI is InChI=1S/C21H26ClN3O/c1-15-11-17(7-8-20(15)22)16-5-4-6-18(12-16)21(26)23-13-19-14-24(2)9-10-25(19)3/h4-8,11-12,19H,9-10,13-14H2,1-3H3,(H,23,26)/t19-/m0/s1. The van der Waals surface area contributed by atoms with E-state index in [9.17, 15) is 4.79 Å². The Bertz CT molecular complexity index is 793. The van der Waals surface area contributed by atoms with Gasteiger partial charge < -0.3 is 10.2 Å². The summed E-state index contributed by atoms with van der Waals surface area (Å²) in [6.45, 7) is 5.72. The van der Waals surface area contributed by atoms with Gasteiger partial charge in [-0.2, -0.15) is 0 Å². The summed E-state index contributed by atoms with van der Waals surface area (Å²) >= 11 is 6.12. The minimum atomic E-state index is -0.0286. The molecule has 2 aromatic rings. The monoisotopic (exact) mass is 371 g/mol. The van der Waals surface area contributed by atoms with Crippen molar-refractivity contribution in [3.05, 3.63) is 58.6 Å². The van der Waals surface area contributed by atoms with Gasteiger partial charge in [0.2, 0.25) is 0 Å². The van der Waals surface area contributed by atoms with Crippen molar-refractivity contribution in [3.8, 4) is 11.1 Å². The van der Waals surface area contributed by atoms with E-state index in [4.69, 9.17) is 11.6 Å². The number of piperazine rings is 1. The Kier molecular flexibility index (Phi) is 5.97. The summed E-state index contributed by atoms with van der Waals surface area (Å²) in [5, 5.41) is 3.84. The Morgan fingerprint density at radius 1 is 1.15 bits per heavy atom. The second-order valence-corrected chi connectivity index (χ2v) is 7.56. The zero-order chi connectivity index (χ0) is 18.7. The van der Waals surface area contributed by atoms with Gasteiger partial charge in [-0.25, -0.2) is 0 Å². The summed E-state index contributed by atoms with van der Waals surface area (Å²) in [5.74, 6) is -0.0286. The van der Waals surface area contributed by atoms with Crippen molar-refractivity contribution in [2.24, 2.45) is 0 Å². The van der Waals surface area contributed by atoms with Crippen molar-refractivity contribution >= 4 is 17.5 Å². The van der Waals surface area contributed by atoms with E-state index in [0.717, 1.165) is 41.3 Å². The average Bonchev–Trinajstić information content (AvgIpc) is 2.64. The Morgan fingerprint density at radius 3 is 2.69 bits per heavy atom. The number of carbonyl (C=O) groups is 1. The molecule has 1 aliphatic heterocycles. The molecule has 0 bridgehead atoms. The first-order chi connectivity index (χ1) is 12.4. The van der Waals surface area contributed by atoms with Crippen LogP contribution < -0.4 is 5.32 Å². The molecule has 4 nitrogen and oxygen atoms in total. The third-order valence-electron chi connectivity index (χ3n) is 5.09. The van der Waals surface area contributed by atoms with Crippen LogP contribution in [0.1, 0.15) is 15.9 Å². The first kappa shape index (κ1) is 18.9. The van der Waals surface area contributed by atoms with Gasteiger partial charge in [0.05, 0.1) is 0 Å². The highest BCUT2D eigenvalue weighted by Crippen LogP contribution is 2.25. The summed E-state index contributed by atoms with van der Waals surface area (Å²) in [6.07, 6.45) is 0. The van der Waals surface area contributed by atoms with Gasteiger partial charge in [0, 0.05) is 42.8 Å². The fourth-order valence-corrected chi connectivity index (χ4v) is 3.42. The molecule has 1 saturated heterocycles. The fourth-order valence-electron chi connectivity index (χ4n) is 3.30. The van der Waals surface area contributed by atoms with Crippen molar-refractivity contribution in [1.82, 2.24) is 15.1 Å². The van der Waals surface area contributed by atoms with Crippen LogP contribution >= 0.6 is 11.6 Å². The highest BCUT2D eigenvalue weighted by atomic mass is 35.5. The first-order valence-corrected chi connectivity index (χ1v) is 9.35. The first-order valence-electron chi connectivity index (χ1n) is 8.97. The predicted molar refractivity (Wildman–Crippen MR) is 108 cm³/mol. The number of likely N-dealkylation sites (N-methyl/N-ethyl adjacent to an activating group) is 2. The molecule has 5 heteroatoms. The maximum Gasteiger partial charge on any atom is 0.251 e. The number of amides is 1. The van der Waals surface area contributed by atoms with Gasteiger partial charge >= 0.3 is 0 Å². The maximum atomic E-state index is 12.6. The van der Waals surface area contributed by atoms with E-state index in [0.29, 0.717) is 18.2 Å². The van der Waals surface area contributed by atoms with E-state index in [1.807, 2.05) is 49.4 Å². The van der Waals surface area contributed by atoms with Crippen molar-refractivity contribution in [2.75, 3.05) is 40.3 Å². The molecule has 1 heterocycles. The molecule has 0 spiro atoms. The molecule has 0 saturated carbocycles. The lowest BCUT2D eigenvalue weighted by atomic mass is 10.0. The summed E-state index contributed by atoms with van der Waals surface area (Å²) in [4.78, 5) is 17.2. The van der Waals surface area contributed by atoms with Gasteiger partial charge in [0.25, 0.3) is 5.91 Å². The summed E-state index contributed by atoms with van der Waals surface area (Å²) in [7, 11) is 4.24. The molecule has 138 valence electrons. The highest BCUT2D eigenvalue weighted by molar-refractivity contribution is 6.31. The average molecular weight is 372 g/mol. The molecule has 2 aromatic carbocycles. The number of carbonyl (C=O) groups excluding carboxylic acids is 1. The van der Waals surface area contributed by atoms with Crippen molar-refractivity contribution in [2.45, 2.75) is 13.0 Å². The zero-order valence-electron chi connectivity index (χ0n) is 15.6. The van der Waals surface area contributed by atoms with Crippen LogP contribution in [0.15, 0.2) is 42.5 Å². The number of hydrogen-bond acceptors (Lipinski definition) is 3. The van der Waals surface area contributed by atoms with Crippen molar-refractivity contribution in [3.63, 3.8) is 0 Å². The van der Waals surface area contributed by atoms with Crippen LogP contribution in [-0.4, -0.2) is 62.0 Å². The molecule has 1 fully saturated rings. The lowest BCUT2D eigenvalue weighted by Gasteiger charge is -2.37. The molecular formula is C21H26ClN3O. The Morgan fingerprint density at radius 2 is 1.92 bits per heavy atom. The summed E-state index contributed by atoms with van der Waals surface area (Å²) in [6, 6.07) is 14.0. The number of hydrogen-bond donors (Lipinski definition) is 1. The van der Waals surface area contributed by atoms with Gasteiger partial charge in [-0.05, 0) is 62.0 Å². The molecule has 1 amide bonds. The molecule has 0 radical (unpaired) electrons.